The zero-order chi connectivity index (χ0) is 20.2. The van der Waals surface area contributed by atoms with Crippen molar-refractivity contribution in [2.45, 2.75) is 12.8 Å². The van der Waals surface area contributed by atoms with Gasteiger partial charge in [0.2, 0.25) is 5.91 Å². The molecule has 0 atom stereocenters. The Morgan fingerprint density at radius 3 is 2.86 bits per heavy atom. The van der Waals surface area contributed by atoms with Crippen LogP contribution in [0.3, 0.4) is 0 Å². The molecular weight excluding hydrogens is 366 g/mol. The van der Waals surface area contributed by atoms with Crippen molar-refractivity contribution in [1.29, 1.82) is 0 Å². The third-order valence-electron chi connectivity index (χ3n) is 5.78. The van der Waals surface area contributed by atoms with Crippen LogP contribution >= 0.6 is 0 Å². The lowest BCUT2D eigenvalue weighted by molar-refractivity contribution is -0.136. The maximum atomic E-state index is 12.8. The summed E-state index contributed by atoms with van der Waals surface area (Å²) in [6.45, 7) is 5.18. The van der Waals surface area contributed by atoms with E-state index >= 15 is 0 Å². The highest BCUT2D eigenvalue weighted by Gasteiger charge is 2.36. The van der Waals surface area contributed by atoms with Crippen molar-refractivity contribution in [1.82, 2.24) is 19.8 Å². The second-order valence-corrected chi connectivity index (χ2v) is 7.98. The maximum Gasteiger partial charge on any atom is 0.229 e. The summed E-state index contributed by atoms with van der Waals surface area (Å²) in [6.07, 6.45) is 5.35. The lowest BCUT2D eigenvalue weighted by Gasteiger charge is -2.41. The van der Waals surface area contributed by atoms with E-state index in [-0.39, 0.29) is 11.8 Å². The van der Waals surface area contributed by atoms with Crippen LogP contribution in [0.4, 0.5) is 5.82 Å². The molecule has 154 valence electrons. The Balaban J connectivity index is 1.34. The summed E-state index contributed by atoms with van der Waals surface area (Å²) in [7, 11) is 3.79. The van der Waals surface area contributed by atoms with Gasteiger partial charge in [0, 0.05) is 45.3 Å². The highest BCUT2D eigenvalue weighted by molar-refractivity contribution is 5.82. The predicted octanol–water partition coefficient (Wildman–Crippen LogP) is 1.68. The van der Waals surface area contributed by atoms with Gasteiger partial charge in [-0.1, -0.05) is 12.1 Å². The molecule has 0 unspecified atom stereocenters. The summed E-state index contributed by atoms with van der Waals surface area (Å²) in [4.78, 5) is 28.4. The maximum absolute atomic E-state index is 12.8. The molecule has 0 radical (unpaired) electrons. The Labute approximate surface area is 172 Å². The van der Waals surface area contributed by atoms with Gasteiger partial charge in [-0.3, -0.25) is 9.78 Å². The number of rotatable bonds is 5. The van der Waals surface area contributed by atoms with Crippen molar-refractivity contribution in [3.8, 4) is 5.75 Å². The van der Waals surface area contributed by atoms with Gasteiger partial charge >= 0.3 is 0 Å². The average Bonchev–Trinajstić information content (AvgIpc) is 2.92. The minimum absolute atomic E-state index is 0.0715. The van der Waals surface area contributed by atoms with Crippen molar-refractivity contribution < 1.29 is 9.53 Å². The van der Waals surface area contributed by atoms with E-state index < -0.39 is 0 Å². The van der Waals surface area contributed by atoms with E-state index in [0.29, 0.717) is 6.42 Å². The molecule has 2 aliphatic heterocycles. The number of hydrogen-bond donors (Lipinski definition) is 0. The van der Waals surface area contributed by atoms with Crippen molar-refractivity contribution in [3.05, 3.63) is 47.9 Å². The summed E-state index contributed by atoms with van der Waals surface area (Å²) < 4.78 is 5.30. The Bertz CT molecular complexity index is 853. The Morgan fingerprint density at radius 1 is 1.17 bits per heavy atom. The number of carbonyl (C=O) groups is 1. The first-order valence-corrected chi connectivity index (χ1v) is 10.3. The lowest BCUT2D eigenvalue weighted by atomic mass is 9.98. The summed E-state index contributed by atoms with van der Waals surface area (Å²) in [5, 5.41) is 0. The molecule has 1 amide bonds. The van der Waals surface area contributed by atoms with Gasteiger partial charge < -0.3 is 19.4 Å². The molecule has 7 nitrogen and oxygen atoms in total. The number of nitrogens with zero attached hydrogens (tertiary/aromatic N) is 5. The Morgan fingerprint density at radius 2 is 2.03 bits per heavy atom. The lowest BCUT2D eigenvalue weighted by Crippen LogP contribution is -2.55. The molecule has 2 aliphatic rings. The zero-order valence-corrected chi connectivity index (χ0v) is 17.3. The van der Waals surface area contributed by atoms with Gasteiger partial charge in [0.15, 0.2) is 0 Å². The molecule has 1 aromatic carbocycles. The number of aromatic nitrogens is 2. The molecule has 0 spiro atoms. The van der Waals surface area contributed by atoms with Crippen LogP contribution in [0.25, 0.3) is 0 Å². The van der Waals surface area contributed by atoms with Crippen molar-refractivity contribution in [2.75, 3.05) is 58.3 Å². The monoisotopic (exact) mass is 395 g/mol. The van der Waals surface area contributed by atoms with Gasteiger partial charge in [0.1, 0.15) is 11.6 Å². The molecule has 0 N–H and O–H groups in total. The van der Waals surface area contributed by atoms with Gasteiger partial charge in [-0.25, -0.2) is 4.98 Å². The van der Waals surface area contributed by atoms with Crippen LogP contribution in [-0.4, -0.2) is 79.1 Å². The molecule has 3 heterocycles. The molecule has 0 aliphatic carbocycles. The largest absolute Gasteiger partial charge is 0.497 e. The highest BCUT2D eigenvalue weighted by Crippen LogP contribution is 2.25. The number of hydrogen-bond acceptors (Lipinski definition) is 6. The molecular formula is C22H29N5O2. The van der Waals surface area contributed by atoms with E-state index in [1.165, 1.54) is 0 Å². The second-order valence-electron chi connectivity index (χ2n) is 7.98. The van der Waals surface area contributed by atoms with E-state index in [1.807, 2.05) is 23.1 Å². The van der Waals surface area contributed by atoms with E-state index in [0.717, 1.165) is 68.5 Å². The Kier molecular flexibility index (Phi) is 5.94. The minimum Gasteiger partial charge on any atom is -0.497 e. The fourth-order valence-electron chi connectivity index (χ4n) is 3.97. The SMILES string of the molecule is COc1cccc(Cc2cncc(N3CC(C(=O)N4CCCN(C)CC4)C3)n2)c1. The van der Waals surface area contributed by atoms with Crippen LogP contribution < -0.4 is 9.64 Å². The molecule has 0 saturated carbocycles. The summed E-state index contributed by atoms with van der Waals surface area (Å²) in [5.74, 6) is 2.06. The van der Waals surface area contributed by atoms with Crippen LogP contribution in [0.15, 0.2) is 36.7 Å². The van der Waals surface area contributed by atoms with Crippen LogP contribution in [0.2, 0.25) is 0 Å². The number of amides is 1. The number of carbonyl (C=O) groups excluding carboxylic acids is 1. The molecule has 7 heteroatoms. The molecule has 2 saturated heterocycles. The van der Waals surface area contributed by atoms with E-state index in [1.54, 1.807) is 19.5 Å². The summed E-state index contributed by atoms with van der Waals surface area (Å²) >= 11 is 0. The van der Waals surface area contributed by atoms with Crippen LogP contribution in [0.5, 0.6) is 5.75 Å². The molecule has 2 aromatic rings. The standard InChI is InChI=1S/C22H29N5O2/c1-25-7-4-8-26(10-9-25)22(28)18-15-27(16-18)21-14-23-13-19(24-21)11-17-5-3-6-20(12-17)29-2/h3,5-6,12-14,18H,4,7-11,15-16H2,1-2H3. The number of anilines is 1. The number of ether oxygens (including phenoxy) is 1. The third kappa shape index (κ3) is 4.67. The first-order valence-electron chi connectivity index (χ1n) is 10.3. The van der Waals surface area contributed by atoms with E-state index in [4.69, 9.17) is 9.72 Å². The molecule has 2 fully saturated rings. The normalized spacial score (nSPS) is 18.3. The molecule has 0 bridgehead atoms. The number of methoxy groups -OCH3 is 1. The Hall–Kier alpha value is -2.67. The van der Waals surface area contributed by atoms with Gasteiger partial charge in [0.25, 0.3) is 0 Å². The van der Waals surface area contributed by atoms with Crippen molar-refractivity contribution in [3.63, 3.8) is 0 Å². The van der Waals surface area contributed by atoms with Gasteiger partial charge in [0.05, 0.1) is 24.9 Å². The summed E-state index contributed by atoms with van der Waals surface area (Å²) in [5.41, 5.74) is 2.06. The van der Waals surface area contributed by atoms with Gasteiger partial charge in [-0.2, -0.15) is 0 Å². The van der Waals surface area contributed by atoms with Crippen molar-refractivity contribution >= 4 is 11.7 Å². The fourth-order valence-corrected chi connectivity index (χ4v) is 3.97. The van der Waals surface area contributed by atoms with Crippen LogP contribution in [-0.2, 0) is 11.2 Å². The summed E-state index contributed by atoms with van der Waals surface area (Å²) in [6, 6.07) is 8.00. The van der Waals surface area contributed by atoms with Gasteiger partial charge in [-0.15, -0.1) is 0 Å². The fraction of sp³-hybridized carbons (Fsp3) is 0.500. The van der Waals surface area contributed by atoms with E-state index in [2.05, 4.69) is 27.9 Å². The van der Waals surface area contributed by atoms with Crippen LogP contribution in [0, 0.1) is 5.92 Å². The zero-order valence-electron chi connectivity index (χ0n) is 17.3. The van der Waals surface area contributed by atoms with Crippen molar-refractivity contribution in [2.24, 2.45) is 5.92 Å². The third-order valence-corrected chi connectivity index (χ3v) is 5.78. The first kappa shape index (κ1) is 19.6. The van der Waals surface area contributed by atoms with E-state index in [9.17, 15) is 4.79 Å². The number of benzene rings is 1. The number of likely N-dealkylation sites (N-methyl/N-ethyl adjacent to an activating group) is 1. The topological polar surface area (TPSA) is 61.8 Å². The quantitative estimate of drug-likeness (QED) is 0.768. The smallest absolute Gasteiger partial charge is 0.229 e. The average molecular weight is 396 g/mol. The molecule has 29 heavy (non-hydrogen) atoms. The van der Waals surface area contributed by atoms with Gasteiger partial charge in [-0.05, 0) is 37.7 Å². The van der Waals surface area contributed by atoms with Crippen LogP contribution in [0.1, 0.15) is 17.7 Å². The first-order chi connectivity index (χ1) is 14.1. The molecule has 1 aromatic heterocycles. The highest BCUT2D eigenvalue weighted by atomic mass is 16.5. The minimum atomic E-state index is 0.0715. The molecule has 4 rings (SSSR count). The second kappa shape index (κ2) is 8.78. The predicted molar refractivity (Wildman–Crippen MR) is 112 cm³/mol.